The Morgan fingerprint density at radius 2 is 1.81 bits per heavy atom. The third kappa shape index (κ3) is 4.03. The van der Waals surface area contributed by atoms with Gasteiger partial charge in [0.15, 0.2) is 0 Å². The monoisotopic (exact) mass is 309 g/mol. The van der Waals surface area contributed by atoms with Crippen LogP contribution >= 0.6 is 0 Å². The lowest BCUT2D eigenvalue weighted by Crippen LogP contribution is -2.16. The van der Waals surface area contributed by atoms with E-state index < -0.39 is 21.8 Å². The van der Waals surface area contributed by atoms with Crippen molar-refractivity contribution in [3.05, 3.63) is 65.5 Å². The molecule has 0 saturated heterocycles. The molecule has 0 aliphatic heterocycles. The number of hydrogen-bond donors (Lipinski definition) is 2. The van der Waals surface area contributed by atoms with Crippen LogP contribution in [-0.4, -0.2) is 19.5 Å². The molecular weight excluding hydrogens is 297 g/mol. The summed E-state index contributed by atoms with van der Waals surface area (Å²) in [6.45, 7) is 0. The lowest BCUT2D eigenvalue weighted by Gasteiger charge is -2.09. The Hall–Kier alpha value is -2.41. The van der Waals surface area contributed by atoms with Crippen LogP contribution < -0.4 is 4.72 Å². The van der Waals surface area contributed by atoms with Crippen molar-refractivity contribution in [1.29, 1.82) is 0 Å². The van der Waals surface area contributed by atoms with Crippen molar-refractivity contribution < 1.29 is 22.7 Å². The van der Waals surface area contributed by atoms with Gasteiger partial charge in [-0.25, -0.2) is 17.6 Å². The third-order valence-electron chi connectivity index (χ3n) is 2.68. The average Bonchev–Trinajstić information content (AvgIpc) is 2.41. The molecule has 2 aromatic carbocycles. The van der Waals surface area contributed by atoms with Crippen LogP contribution in [0.3, 0.4) is 0 Å². The van der Waals surface area contributed by atoms with E-state index in [0.29, 0.717) is 5.56 Å². The molecule has 0 fully saturated rings. The second-order valence-electron chi connectivity index (χ2n) is 4.35. The molecule has 110 valence electrons. The first-order chi connectivity index (χ1) is 9.87. The molecule has 0 atom stereocenters. The molecule has 2 aromatic rings. The zero-order valence-corrected chi connectivity index (χ0v) is 11.6. The van der Waals surface area contributed by atoms with Crippen molar-refractivity contribution in [3.63, 3.8) is 0 Å². The Bertz CT molecular complexity index is 760. The topological polar surface area (TPSA) is 83.5 Å². The summed E-state index contributed by atoms with van der Waals surface area (Å²) in [6.07, 6.45) is 0. The highest BCUT2D eigenvalue weighted by molar-refractivity contribution is 7.91. The highest BCUT2D eigenvalue weighted by atomic mass is 32.2. The number of halogens is 1. The summed E-state index contributed by atoms with van der Waals surface area (Å²) in [5.74, 6) is -2.43. The van der Waals surface area contributed by atoms with Gasteiger partial charge in [0.1, 0.15) is 5.82 Å². The Kier molecular flexibility index (Phi) is 4.23. The molecule has 2 N–H and O–H groups in total. The number of rotatable bonds is 5. The van der Waals surface area contributed by atoms with Crippen LogP contribution in [0.1, 0.15) is 15.9 Å². The average molecular weight is 309 g/mol. The number of aromatic carboxylic acids is 1. The van der Waals surface area contributed by atoms with Gasteiger partial charge in [0.25, 0.3) is 0 Å². The van der Waals surface area contributed by atoms with Crippen molar-refractivity contribution in [1.82, 2.24) is 0 Å². The van der Waals surface area contributed by atoms with Gasteiger partial charge in [0.2, 0.25) is 10.0 Å². The maximum atomic E-state index is 13.6. The zero-order chi connectivity index (χ0) is 15.5. The maximum Gasteiger partial charge on any atom is 0.335 e. The van der Waals surface area contributed by atoms with E-state index in [4.69, 9.17) is 5.11 Å². The summed E-state index contributed by atoms with van der Waals surface area (Å²) in [4.78, 5) is 10.8. The molecule has 0 heterocycles. The SMILES string of the molecule is O=C(O)c1ccc(F)c(NS(=O)(=O)Cc2ccccc2)c1. The van der Waals surface area contributed by atoms with E-state index in [0.717, 1.165) is 18.2 Å². The van der Waals surface area contributed by atoms with Crippen LogP contribution in [0.4, 0.5) is 10.1 Å². The van der Waals surface area contributed by atoms with E-state index in [2.05, 4.69) is 4.72 Å². The molecule has 0 spiro atoms. The standard InChI is InChI=1S/C14H12FNO4S/c15-12-7-6-11(14(17)18)8-13(12)16-21(19,20)9-10-4-2-1-3-5-10/h1-8,16H,9H2,(H,17,18). The second-order valence-corrected chi connectivity index (χ2v) is 6.07. The van der Waals surface area contributed by atoms with E-state index >= 15 is 0 Å². The third-order valence-corrected chi connectivity index (χ3v) is 3.92. The van der Waals surface area contributed by atoms with Crippen LogP contribution in [0.15, 0.2) is 48.5 Å². The smallest absolute Gasteiger partial charge is 0.335 e. The van der Waals surface area contributed by atoms with Crippen molar-refractivity contribution in [2.24, 2.45) is 0 Å². The van der Waals surface area contributed by atoms with E-state index in [1.54, 1.807) is 30.3 Å². The van der Waals surface area contributed by atoms with E-state index in [1.165, 1.54) is 0 Å². The summed E-state index contributed by atoms with van der Waals surface area (Å²) < 4.78 is 39.6. The number of benzene rings is 2. The molecule has 0 aliphatic rings. The van der Waals surface area contributed by atoms with Gasteiger partial charge in [0.05, 0.1) is 17.0 Å². The Labute approximate surface area is 121 Å². The number of sulfonamides is 1. The zero-order valence-electron chi connectivity index (χ0n) is 10.8. The van der Waals surface area contributed by atoms with Gasteiger partial charge in [-0.05, 0) is 23.8 Å². The second kappa shape index (κ2) is 5.92. The first-order valence-electron chi connectivity index (χ1n) is 5.95. The van der Waals surface area contributed by atoms with E-state index in [-0.39, 0.29) is 17.0 Å². The number of carbonyl (C=O) groups is 1. The van der Waals surface area contributed by atoms with Crippen LogP contribution in [0.2, 0.25) is 0 Å². The van der Waals surface area contributed by atoms with Crippen LogP contribution in [0.25, 0.3) is 0 Å². The largest absolute Gasteiger partial charge is 0.478 e. The Balaban J connectivity index is 2.24. The van der Waals surface area contributed by atoms with Gasteiger partial charge in [-0.3, -0.25) is 4.72 Å². The van der Waals surface area contributed by atoms with Gasteiger partial charge in [0, 0.05) is 0 Å². The van der Waals surface area contributed by atoms with Crippen molar-refractivity contribution in [2.75, 3.05) is 4.72 Å². The normalized spacial score (nSPS) is 11.1. The van der Waals surface area contributed by atoms with Crippen LogP contribution in [0.5, 0.6) is 0 Å². The summed E-state index contributed by atoms with van der Waals surface area (Å²) in [6, 6.07) is 11.3. The number of anilines is 1. The predicted molar refractivity (Wildman–Crippen MR) is 76.0 cm³/mol. The highest BCUT2D eigenvalue weighted by Crippen LogP contribution is 2.19. The van der Waals surface area contributed by atoms with Gasteiger partial charge >= 0.3 is 5.97 Å². The van der Waals surface area contributed by atoms with Gasteiger partial charge in [-0.15, -0.1) is 0 Å². The molecular formula is C14H12FNO4S. The lowest BCUT2D eigenvalue weighted by atomic mass is 10.2. The molecule has 21 heavy (non-hydrogen) atoms. The molecule has 0 unspecified atom stereocenters. The first-order valence-corrected chi connectivity index (χ1v) is 7.60. The molecule has 0 bridgehead atoms. The number of nitrogens with one attached hydrogen (secondary N) is 1. The molecule has 5 nitrogen and oxygen atoms in total. The number of carboxylic acid groups (broad SMARTS) is 1. The van der Waals surface area contributed by atoms with E-state index in [1.807, 2.05) is 0 Å². The van der Waals surface area contributed by atoms with E-state index in [9.17, 15) is 17.6 Å². The predicted octanol–water partition coefficient (Wildman–Crippen LogP) is 2.47. The van der Waals surface area contributed by atoms with Crippen molar-refractivity contribution in [2.45, 2.75) is 5.75 Å². The minimum atomic E-state index is -3.84. The molecule has 0 radical (unpaired) electrons. The molecule has 0 aromatic heterocycles. The summed E-state index contributed by atoms with van der Waals surface area (Å²) >= 11 is 0. The minimum absolute atomic E-state index is 0.200. The van der Waals surface area contributed by atoms with Crippen LogP contribution in [-0.2, 0) is 15.8 Å². The van der Waals surface area contributed by atoms with Crippen molar-refractivity contribution in [3.8, 4) is 0 Å². The quantitative estimate of drug-likeness (QED) is 0.888. The minimum Gasteiger partial charge on any atom is -0.478 e. The van der Waals surface area contributed by atoms with Gasteiger partial charge in [-0.2, -0.15) is 0 Å². The molecule has 7 heteroatoms. The highest BCUT2D eigenvalue weighted by Gasteiger charge is 2.16. The maximum absolute atomic E-state index is 13.6. The van der Waals surface area contributed by atoms with Crippen molar-refractivity contribution >= 4 is 21.7 Å². The Morgan fingerprint density at radius 3 is 2.43 bits per heavy atom. The molecule has 0 amide bonds. The summed E-state index contributed by atoms with van der Waals surface area (Å²) in [5, 5.41) is 8.83. The van der Waals surface area contributed by atoms with Gasteiger partial charge in [-0.1, -0.05) is 30.3 Å². The summed E-state index contributed by atoms with van der Waals surface area (Å²) in [7, 11) is -3.84. The fourth-order valence-electron chi connectivity index (χ4n) is 1.73. The lowest BCUT2D eigenvalue weighted by molar-refractivity contribution is 0.0697. The molecule has 0 saturated carbocycles. The summed E-state index contributed by atoms with van der Waals surface area (Å²) in [5.41, 5.74) is -0.0422. The molecule has 2 rings (SSSR count). The van der Waals surface area contributed by atoms with Crippen LogP contribution in [0, 0.1) is 5.82 Å². The number of carboxylic acids is 1. The fraction of sp³-hybridized carbons (Fsp3) is 0.0714. The first kappa shape index (κ1) is 15.0. The van der Waals surface area contributed by atoms with Gasteiger partial charge < -0.3 is 5.11 Å². The fourth-order valence-corrected chi connectivity index (χ4v) is 2.93. The number of hydrogen-bond acceptors (Lipinski definition) is 3. The Morgan fingerprint density at radius 1 is 1.14 bits per heavy atom. The molecule has 0 aliphatic carbocycles.